The van der Waals surface area contributed by atoms with Crippen LogP contribution in [0.15, 0.2) is 38.1 Å². The molecule has 0 aromatic heterocycles. The Morgan fingerprint density at radius 1 is 1.03 bits per heavy atom. The number of amides is 2. The van der Waals surface area contributed by atoms with Gasteiger partial charge in [0, 0.05) is 63.9 Å². The molecule has 0 fully saturated rings. The van der Waals surface area contributed by atoms with Crippen LogP contribution >= 0.6 is 42.5 Å². The van der Waals surface area contributed by atoms with Crippen LogP contribution in [0.5, 0.6) is 0 Å². The molecule has 0 spiro atoms. The van der Waals surface area contributed by atoms with Crippen LogP contribution in [0.2, 0.25) is 0 Å². The Hall–Kier alpha value is -1.42. The van der Waals surface area contributed by atoms with E-state index in [-0.39, 0.29) is 22.6 Å². The fraction of sp³-hybridized carbons (Fsp3) is 0.300. The third-order valence-corrected chi connectivity index (χ3v) is 8.61. The van der Waals surface area contributed by atoms with Gasteiger partial charge in [0.05, 0.1) is 4.90 Å². The van der Waals surface area contributed by atoms with Crippen molar-refractivity contribution >= 4 is 74.8 Å². The maximum atomic E-state index is 12.4. The van der Waals surface area contributed by atoms with Gasteiger partial charge in [-0.3, -0.25) is 9.59 Å². The summed E-state index contributed by atoms with van der Waals surface area (Å²) in [5.41, 5.74) is 4.31. The smallest absolute Gasteiger partial charge is 0.262 e. The number of carbonyl (C=O) groups excluding carboxylic acids is 2. The number of benzene rings is 2. The minimum absolute atomic E-state index is 0.0149. The highest BCUT2D eigenvalue weighted by Crippen LogP contribution is 2.49. The second kappa shape index (κ2) is 7.62. The predicted octanol–water partition coefficient (Wildman–Crippen LogP) is 4.55. The zero-order valence-electron chi connectivity index (χ0n) is 16.1. The molecule has 0 radical (unpaired) electrons. The van der Waals surface area contributed by atoms with E-state index >= 15 is 0 Å². The topological polar surface area (TPSA) is 74.8 Å². The first-order valence-corrected chi connectivity index (χ1v) is 13.1. The quantitative estimate of drug-likeness (QED) is 0.492. The summed E-state index contributed by atoms with van der Waals surface area (Å²) in [6, 6.07) is 7.01. The molecule has 6 nitrogen and oxygen atoms in total. The number of carbonyl (C=O) groups is 2. The summed E-state index contributed by atoms with van der Waals surface area (Å²) in [5.74, 6) is -0.379. The van der Waals surface area contributed by atoms with Gasteiger partial charge in [0.1, 0.15) is 0 Å². The number of fused-ring (bicyclic) bond motifs is 2. The van der Waals surface area contributed by atoms with E-state index in [1.165, 1.54) is 13.0 Å². The van der Waals surface area contributed by atoms with Crippen LogP contribution in [0.1, 0.15) is 36.5 Å². The lowest BCUT2D eigenvalue weighted by molar-refractivity contribution is -0.117. The van der Waals surface area contributed by atoms with Crippen molar-refractivity contribution < 1.29 is 18.0 Å². The molecule has 0 bridgehead atoms. The maximum absolute atomic E-state index is 12.4. The van der Waals surface area contributed by atoms with E-state index in [0.29, 0.717) is 29.7 Å². The normalized spacial score (nSPS) is 17.8. The monoisotopic (exact) mass is 574 g/mol. The van der Waals surface area contributed by atoms with Crippen LogP contribution in [0.4, 0.5) is 11.4 Å². The molecule has 2 amide bonds. The molecule has 0 N–H and O–H groups in total. The molecule has 158 valence electrons. The van der Waals surface area contributed by atoms with Gasteiger partial charge in [-0.15, -0.1) is 0 Å². The third-order valence-electron chi connectivity index (χ3n) is 5.64. The summed E-state index contributed by atoms with van der Waals surface area (Å²) >= 11 is 6.98. The summed E-state index contributed by atoms with van der Waals surface area (Å²) in [6.45, 7) is 3.98. The zero-order valence-corrected chi connectivity index (χ0v) is 20.8. The number of halogens is 3. The first-order valence-electron chi connectivity index (χ1n) is 9.16. The highest BCUT2D eigenvalue weighted by atomic mass is 79.9. The lowest BCUT2D eigenvalue weighted by Crippen LogP contribution is -2.27. The van der Waals surface area contributed by atoms with E-state index in [0.717, 1.165) is 26.9 Å². The van der Waals surface area contributed by atoms with Crippen molar-refractivity contribution in [2.24, 2.45) is 0 Å². The number of rotatable bonds is 2. The average Bonchev–Trinajstić information content (AvgIpc) is 3.21. The SMILES string of the molecule is CC(=O)N1CC(c2c(Br)ccc3c2CCN3C(C)=O)c2cc(Br)c(S(=O)(=O)Cl)cc21. The number of anilines is 2. The van der Waals surface area contributed by atoms with Crippen molar-refractivity contribution in [3.63, 3.8) is 0 Å². The Labute approximate surface area is 195 Å². The Morgan fingerprint density at radius 3 is 2.30 bits per heavy atom. The van der Waals surface area contributed by atoms with Gasteiger partial charge in [0.25, 0.3) is 9.05 Å². The van der Waals surface area contributed by atoms with Crippen molar-refractivity contribution in [3.05, 3.63) is 49.9 Å². The number of hydrogen-bond donors (Lipinski definition) is 0. The molecular weight excluding hydrogens is 560 g/mol. The molecule has 10 heteroatoms. The standard InChI is InChI=1S/C20H17Br2ClN2O4S/c1-10(26)24-6-5-12-17(24)4-3-15(21)20(12)14-9-25(11(2)27)18-8-19(30(23,28)29)16(22)7-13(14)18/h3-4,7-8,14H,5-6,9H2,1-2H3. The third kappa shape index (κ3) is 3.49. The molecule has 2 aromatic rings. The van der Waals surface area contributed by atoms with Crippen LogP contribution < -0.4 is 9.80 Å². The van der Waals surface area contributed by atoms with Crippen LogP contribution in [0.3, 0.4) is 0 Å². The average molecular weight is 577 g/mol. The van der Waals surface area contributed by atoms with Crippen molar-refractivity contribution in [1.82, 2.24) is 0 Å². The van der Waals surface area contributed by atoms with Crippen molar-refractivity contribution in [3.8, 4) is 0 Å². The van der Waals surface area contributed by atoms with E-state index in [1.807, 2.05) is 12.1 Å². The van der Waals surface area contributed by atoms with Crippen LogP contribution in [-0.4, -0.2) is 33.3 Å². The van der Waals surface area contributed by atoms with E-state index in [1.54, 1.807) is 22.8 Å². The fourth-order valence-corrected chi connectivity index (χ4v) is 7.23. The summed E-state index contributed by atoms with van der Waals surface area (Å²) in [6.07, 6.45) is 0.713. The van der Waals surface area contributed by atoms with Gasteiger partial charge in [-0.25, -0.2) is 8.42 Å². The number of hydrogen-bond acceptors (Lipinski definition) is 4. The second-order valence-corrected chi connectivity index (χ2v) is 11.6. The minimum atomic E-state index is -3.99. The first-order chi connectivity index (χ1) is 14.0. The lowest BCUT2D eigenvalue weighted by atomic mass is 9.88. The highest BCUT2D eigenvalue weighted by molar-refractivity contribution is 9.10. The van der Waals surface area contributed by atoms with Gasteiger partial charge in [-0.1, -0.05) is 15.9 Å². The van der Waals surface area contributed by atoms with E-state index in [9.17, 15) is 18.0 Å². The Balaban J connectivity index is 1.93. The molecule has 1 atom stereocenters. The summed E-state index contributed by atoms with van der Waals surface area (Å²) in [5, 5.41) is 0. The summed E-state index contributed by atoms with van der Waals surface area (Å²) < 4.78 is 25.2. The Kier molecular flexibility index (Phi) is 5.53. The fourth-order valence-electron chi connectivity index (χ4n) is 4.37. The van der Waals surface area contributed by atoms with E-state index in [2.05, 4.69) is 31.9 Å². The van der Waals surface area contributed by atoms with Gasteiger partial charge in [0.2, 0.25) is 11.8 Å². The molecule has 2 aliphatic heterocycles. The second-order valence-electron chi connectivity index (χ2n) is 7.34. The molecule has 1 unspecified atom stereocenters. The Morgan fingerprint density at radius 2 is 1.70 bits per heavy atom. The Bertz CT molecular complexity index is 1220. The molecule has 0 aliphatic carbocycles. The molecule has 4 rings (SSSR count). The predicted molar refractivity (Wildman–Crippen MR) is 123 cm³/mol. The highest BCUT2D eigenvalue weighted by Gasteiger charge is 2.38. The molecule has 0 saturated carbocycles. The van der Waals surface area contributed by atoms with E-state index < -0.39 is 9.05 Å². The molecule has 0 saturated heterocycles. The first kappa shape index (κ1) is 21.8. The van der Waals surface area contributed by atoms with Gasteiger partial charge in [-0.2, -0.15) is 0 Å². The maximum Gasteiger partial charge on any atom is 0.262 e. The van der Waals surface area contributed by atoms with Crippen LogP contribution in [0, 0.1) is 0 Å². The van der Waals surface area contributed by atoms with Gasteiger partial charge in [-0.05, 0) is 63.3 Å². The molecular formula is C20H17Br2ClN2O4S. The van der Waals surface area contributed by atoms with Crippen molar-refractivity contribution in [1.29, 1.82) is 0 Å². The molecule has 2 heterocycles. The summed E-state index contributed by atoms with van der Waals surface area (Å²) in [7, 11) is 1.60. The van der Waals surface area contributed by atoms with Crippen molar-refractivity contribution in [2.45, 2.75) is 31.1 Å². The largest absolute Gasteiger partial charge is 0.312 e. The van der Waals surface area contributed by atoms with Crippen LogP contribution in [0.25, 0.3) is 0 Å². The van der Waals surface area contributed by atoms with E-state index in [4.69, 9.17) is 10.7 Å². The number of nitrogens with zero attached hydrogens (tertiary/aromatic N) is 2. The van der Waals surface area contributed by atoms with Crippen LogP contribution in [-0.2, 0) is 25.1 Å². The van der Waals surface area contributed by atoms with Gasteiger partial charge < -0.3 is 9.80 Å². The van der Waals surface area contributed by atoms with Gasteiger partial charge in [0.15, 0.2) is 0 Å². The van der Waals surface area contributed by atoms with Gasteiger partial charge >= 0.3 is 0 Å². The summed E-state index contributed by atoms with van der Waals surface area (Å²) in [4.78, 5) is 27.6. The lowest BCUT2D eigenvalue weighted by Gasteiger charge is -2.20. The minimum Gasteiger partial charge on any atom is -0.312 e. The van der Waals surface area contributed by atoms with Crippen molar-refractivity contribution in [2.75, 3.05) is 22.9 Å². The molecule has 30 heavy (non-hydrogen) atoms. The molecule has 2 aliphatic rings. The zero-order chi connectivity index (χ0) is 22.0. The molecule has 2 aromatic carbocycles.